The van der Waals surface area contributed by atoms with Crippen molar-refractivity contribution in [2.45, 2.75) is 32.9 Å². The fourth-order valence-electron chi connectivity index (χ4n) is 2.49. The number of nitrogens with one attached hydrogen (secondary N) is 1. The second kappa shape index (κ2) is 6.68. The molecule has 3 rings (SSSR count). The van der Waals surface area contributed by atoms with Crippen molar-refractivity contribution < 1.29 is 18.7 Å². The number of alkyl carbamates (subject to hydrolysis) is 1. The second-order valence-electron chi connectivity index (χ2n) is 6.72. The molecule has 0 bridgehead atoms. The lowest BCUT2D eigenvalue weighted by atomic mass is 10.2. The largest absolute Gasteiger partial charge is 0.457 e. The van der Waals surface area contributed by atoms with Crippen molar-refractivity contribution in [2.75, 3.05) is 31.2 Å². The third-order valence-electron chi connectivity index (χ3n) is 3.55. The minimum atomic E-state index is -0.521. The van der Waals surface area contributed by atoms with Crippen LogP contribution >= 0.6 is 0 Å². The van der Waals surface area contributed by atoms with Crippen LogP contribution in [0.3, 0.4) is 0 Å². The number of morpholine rings is 1. The number of aromatic nitrogens is 1. The van der Waals surface area contributed by atoms with Crippen LogP contribution < -0.4 is 10.2 Å². The molecule has 130 valence electrons. The molecule has 2 aromatic rings. The summed E-state index contributed by atoms with van der Waals surface area (Å²) in [6.07, 6.45) is -0.468. The maximum atomic E-state index is 11.7. The van der Waals surface area contributed by atoms with Gasteiger partial charge in [0.15, 0.2) is 5.58 Å². The molecule has 0 aromatic carbocycles. The molecule has 0 atom stereocenters. The molecule has 1 aliphatic rings. The Labute approximate surface area is 140 Å². The molecule has 1 saturated heterocycles. The van der Waals surface area contributed by atoms with Gasteiger partial charge >= 0.3 is 6.09 Å². The fraction of sp³-hybridized carbons (Fsp3) is 0.529. The van der Waals surface area contributed by atoms with E-state index in [1.165, 1.54) is 0 Å². The monoisotopic (exact) mass is 333 g/mol. The van der Waals surface area contributed by atoms with Crippen LogP contribution in [-0.4, -0.2) is 43.0 Å². The third-order valence-corrected chi connectivity index (χ3v) is 3.55. The van der Waals surface area contributed by atoms with Gasteiger partial charge in [0.2, 0.25) is 0 Å². The molecule has 0 spiro atoms. The topological polar surface area (TPSA) is 76.8 Å². The highest BCUT2D eigenvalue weighted by molar-refractivity contribution is 5.76. The fourth-order valence-corrected chi connectivity index (χ4v) is 2.49. The number of hydrogen-bond acceptors (Lipinski definition) is 6. The van der Waals surface area contributed by atoms with Gasteiger partial charge in [-0.05, 0) is 32.9 Å². The molecule has 1 aliphatic heterocycles. The first-order chi connectivity index (χ1) is 11.4. The van der Waals surface area contributed by atoms with E-state index in [2.05, 4.69) is 15.2 Å². The lowest BCUT2D eigenvalue weighted by Gasteiger charge is -2.27. The van der Waals surface area contributed by atoms with Crippen LogP contribution in [0.15, 0.2) is 22.6 Å². The van der Waals surface area contributed by atoms with E-state index in [-0.39, 0.29) is 6.54 Å². The number of furan rings is 1. The molecule has 0 unspecified atom stereocenters. The number of rotatable bonds is 3. The van der Waals surface area contributed by atoms with E-state index >= 15 is 0 Å². The molecular formula is C17H23N3O4. The third kappa shape index (κ3) is 4.17. The minimum Gasteiger partial charge on any atom is -0.457 e. The van der Waals surface area contributed by atoms with E-state index in [9.17, 15) is 4.79 Å². The normalized spacial score (nSPS) is 15.5. The summed E-state index contributed by atoms with van der Waals surface area (Å²) >= 11 is 0. The van der Waals surface area contributed by atoms with Crippen molar-refractivity contribution in [3.8, 4) is 0 Å². The highest BCUT2D eigenvalue weighted by Gasteiger charge is 2.17. The molecule has 1 amide bonds. The maximum absolute atomic E-state index is 11.7. The van der Waals surface area contributed by atoms with Gasteiger partial charge < -0.3 is 24.1 Å². The Kier molecular flexibility index (Phi) is 4.62. The van der Waals surface area contributed by atoms with E-state index in [0.717, 1.165) is 37.6 Å². The zero-order chi connectivity index (χ0) is 17.2. The number of nitrogens with zero attached hydrogens (tertiary/aromatic N) is 2. The summed E-state index contributed by atoms with van der Waals surface area (Å²) in [5.74, 6) is 1.56. The lowest BCUT2D eigenvalue weighted by Crippen LogP contribution is -2.36. The Morgan fingerprint density at radius 2 is 2.08 bits per heavy atom. The van der Waals surface area contributed by atoms with Gasteiger partial charge in [-0.2, -0.15) is 0 Å². The average Bonchev–Trinajstić information content (AvgIpc) is 2.94. The molecule has 7 heteroatoms. The van der Waals surface area contributed by atoms with E-state index in [0.29, 0.717) is 11.3 Å². The van der Waals surface area contributed by atoms with Crippen LogP contribution in [0.2, 0.25) is 0 Å². The Bertz CT molecular complexity index is 714. The molecule has 24 heavy (non-hydrogen) atoms. The summed E-state index contributed by atoms with van der Waals surface area (Å²) in [5.41, 5.74) is 0.958. The number of hydrogen-bond donors (Lipinski definition) is 1. The Morgan fingerprint density at radius 1 is 1.33 bits per heavy atom. The van der Waals surface area contributed by atoms with E-state index in [1.807, 2.05) is 39.0 Å². The van der Waals surface area contributed by atoms with Crippen LogP contribution in [0.5, 0.6) is 0 Å². The first-order valence-corrected chi connectivity index (χ1v) is 8.10. The van der Waals surface area contributed by atoms with Gasteiger partial charge in [-0.25, -0.2) is 9.78 Å². The van der Waals surface area contributed by atoms with Crippen LogP contribution in [-0.2, 0) is 16.0 Å². The quantitative estimate of drug-likeness (QED) is 0.930. The van der Waals surface area contributed by atoms with Gasteiger partial charge in [0.1, 0.15) is 22.7 Å². The van der Waals surface area contributed by atoms with Gasteiger partial charge in [0.05, 0.1) is 19.8 Å². The number of carbonyl (C=O) groups is 1. The SMILES string of the molecule is CC(C)(C)OC(=O)NCc1cc2nc(N3CCOCC3)ccc2o1. The van der Waals surface area contributed by atoms with Crippen molar-refractivity contribution in [2.24, 2.45) is 0 Å². The lowest BCUT2D eigenvalue weighted by molar-refractivity contribution is 0.0520. The van der Waals surface area contributed by atoms with Gasteiger partial charge in [-0.15, -0.1) is 0 Å². The van der Waals surface area contributed by atoms with E-state index < -0.39 is 11.7 Å². The summed E-state index contributed by atoms with van der Waals surface area (Å²) in [6, 6.07) is 5.70. The zero-order valence-corrected chi connectivity index (χ0v) is 14.3. The number of anilines is 1. The van der Waals surface area contributed by atoms with Crippen LogP contribution in [0.1, 0.15) is 26.5 Å². The maximum Gasteiger partial charge on any atom is 0.408 e. The number of carbonyl (C=O) groups excluding carboxylic acids is 1. The van der Waals surface area contributed by atoms with Gasteiger partial charge in [-0.1, -0.05) is 0 Å². The molecule has 3 heterocycles. The number of ether oxygens (including phenoxy) is 2. The Balaban J connectivity index is 1.66. The Morgan fingerprint density at radius 3 is 2.79 bits per heavy atom. The molecule has 1 fully saturated rings. The van der Waals surface area contributed by atoms with Gasteiger partial charge in [-0.3, -0.25) is 0 Å². The summed E-state index contributed by atoms with van der Waals surface area (Å²) in [7, 11) is 0. The van der Waals surface area contributed by atoms with E-state index in [4.69, 9.17) is 13.9 Å². The molecule has 7 nitrogen and oxygen atoms in total. The van der Waals surface area contributed by atoms with Crippen molar-refractivity contribution in [1.82, 2.24) is 10.3 Å². The Hall–Kier alpha value is -2.28. The predicted molar refractivity (Wildman–Crippen MR) is 90.1 cm³/mol. The van der Waals surface area contributed by atoms with E-state index in [1.54, 1.807) is 0 Å². The van der Waals surface area contributed by atoms with Crippen molar-refractivity contribution in [3.63, 3.8) is 0 Å². The predicted octanol–water partition coefficient (Wildman–Crippen LogP) is 2.69. The highest BCUT2D eigenvalue weighted by atomic mass is 16.6. The summed E-state index contributed by atoms with van der Waals surface area (Å²) < 4.78 is 16.3. The molecule has 0 aliphatic carbocycles. The standard InChI is InChI=1S/C17H23N3O4/c1-17(2,3)24-16(21)18-11-12-10-13-14(23-12)4-5-15(19-13)20-6-8-22-9-7-20/h4-5,10H,6-9,11H2,1-3H3,(H,18,21). The van der Waals surface area contributed by atoms with Crippen LogP contribution in [0.4, 0.5) is 10.6 Å². The van der Waals surface area contributed by atoms with Gasteiger partial charge in [0.25, 0.3) is 0 Å². The molecular weight excluding hydrogens is 310 g/mol. The minimum absolute atomic E-state index is 0.262. The summed E-state index contributed by atoms with van der Waals surface area (Å²) in [4.78, 5) is 18.5. The number of amides is 1. The van der Waals surface area contributed by atoms with Crippen LogP contribution in [0, 0.1) is 0 Å². The van der Waals surface area contributed by atoms with Gasteiger partial charge in [0, 0.05) is 19.2 Å². The molecule has 0 saturated carbocycles. The second-order valence-corrected chi connectivity index (χ2v) is 6.72. The van der Waals surface area contributed by atoms with Crippen molar-refractivity contribution in [3.05, 3.63) is 24.0 Å². The molecule has 2 aromatic heterocycles. The van der Waals surface area contributed by atoms with Crippen molar-refractivity contribution in [1.29, 1.82) is 0 Å². The summed E-state index contributed by atoms with van der Waals surface area (Å²) in [6.45, 7) is 8.85. The van der Waals surface area contributed by atoms with Crippen molar-refractivity contribution >= 4 is 23.0 Å². The molecule has 0 radical (unpaired) electrons. The first-order valence-electron chi connectivity index (χ1n) is 8.10. The first kappa shape index (κ1) is 16.6. The number of fused-ring (bicyclic) bond motifs is 1. The smallest absolute Gasteiger partial charge is 0.408 e. The molecule has 1 N–H and O–H groups in total. The summed E-state index contributed by atoms with van der Waals surface area (Å²) in [5, 5.41) is 2.68. The number of pyridine rings is 1. The van der Waals surface area contributed by atoms with Crippen LogP contribution in [0.25, 0.3) is 11.1 Å². The highest BCUT2D eigenvalue weighted by Crippen LogP contribution is 2.22. The average molecular weight is 333 g/mol. The zero-order valence-electron chi connectivity index (χ0n) is 14.3.